The first kappa shape index (κ1) is 12.5. The zero-order valence-corrected chi connectivity index (χ0v) is 10.1. The number of halogens is 1. The van der Waals surface area contributed by atoms with Gasteiger partial charge in [-0.25, -0.2) is 4.39 Å². The number of rotatable bonds is 1. The molecule has 2 rings (SSSR count). The van der Waals surface area contributed by atoms with E-state index in [2.05, 4.69) is 4.98 Å². The Morgan fingerprint density at radius 2 is 1.83 bits per heavy atom. The molecule has 0 bridgehead atoms. The Labute approximate surface area is 104 Å². The Balaban J connectivity index is 2.04. The quantitative estimate of drug-likeness (QED) is 0.731. The van der Waals surface area contributed by atoms with E-state index >= 15 is 0 Å². The number of pyridine rings is 1. The molecule has 2 heterocycles. The molecular weight excluding hydrogens is 237 g/mol. The molecule has 1 aliphatic heterocycles. The lowest BCUT2D eigenvalue weighted by Gasteiger charge is -2.34. The van der Waals surface area contributed by atoms with Crippen molar-refractivity contribution in [2.45, 2.75) is 6.92 Å². The van der Waals surface area contributed by atoms with Gasteiger partial charge in [0.25, 0.3) is 5.91 Å². The summed E-state index contributed by atoms with van der Waals surface area (Å²) >= 11 is 0. The Bertz CT molecular complexity index is 470. The summed E-state index contributed by atoms with van der Waals surface area (Å²) in [5.41, 5.74) is 0.0290. The summed E-state index contributed by atoms with van der Waals surface area (Å²) in [6.07, 6.45) is 2.42. The van der Waals surface area contributed by atoms with E-state index in [1.54, 1.807) is 9.80 Å². The first-order valence-electron chi connectivity index (χ1n) is 5.74. The fourth-order valence-electron chi connectivity index (χ4n) is 1.94. The summed E-state index contributed by atoms with van der Waals surface area (Å²) in [7, 11) is 0. The van der Waals surface area contributed by atoms with E-state index < -0.39 is 5.82 Å². The van der Waals surface area contributed by atoms with Crippen molar-refractivity contribution in [2.75, 3.05) is 26.2 Å². The van der Waals surface area contributed by atoms with Crippen LogP contribution in [0.4, 0.5) is 4.39 Å². The standard InChI is InChI=1S/C12H14FN3O2/c1-9(17)15-4-6-16(7-5-15)12(18)10-2-3-14-8-11(10)13/h2-3,8H,4-7H2,1H3. The van der Waals surface area contributed by atoms with E-state index in [-0.39, 0.29) is 17.4 Å². The maximum Gasteiger partial charge on any atom is 0.257 e. The minimum absolute atomic E-state index is 0.00260. The molecule has 1 aromatic rings. The van der Waals surface area contributed by atoms with Gasteiger partial charge in [0, 0.05) is 39.3 Å². The van der Waals surface area contributed by atoms with Gasteiger partial charge in [-0.15, -0.1) is 0 Å². The van der Waals surface area contributed by atoms with E-state index in [4.69, 9.17) is 0 Å². The molecule has 1 aliphatic rings. The molecule has 0 aromatic carbocycles. The lowest BCUT2D eigenvalue weighted by Crippen LogP contribution is -2.50. The maximum absolute atomic E-state index is 13.4. The summed E-state index contributed by atoms with van der Waals surface area (Å²) in [5.74, 6) is -0.966. The highest BCUT2D eigenvalue weighted by molar-refractivity contribution is 5.94. The van der Waals surface area contributed by atoms with Crippen molar-refractivity contribution in [2.24, 2.45) is 0 Å². The molecule has 5 nitrogen and oxygen atoms in total. The molecule has 96 valence electrons. The first-order chi connectivity index (χ1) is 8.59. The zero-order valence-electron chi connectivity index (χ0n) is 10.1. The second-order valence-electron chi connectivity index (χ2n) is 4.15. The van der Waals surface area contributed by atoms with Crippen molar-refractivity contribution in [3.8, 4) is 0 Å². The van der Waals surface area contributed by atoms with E-state index in [0.717, 1.165) is 6.20 Å². The molecule has 1 aromatic heterocycles. The van der Waals surface area contributed by atoms with Gasteiger partial charge in [-0.05, 0) is 6.07 Å². The predicted molar refractivity (Wildman–Crippen MR) is 62.4 cm³/mol. The minimum Gasteiger partial charge on any atom is -0.339 e. The van der Waals surface area contributed by atoms with Gasteiger partial charge in [0.15, 0.2) is 5.82 Å². The van der Waals surface area contributed by atoms with Crippen molar-refractivity contribution in [1.29, 1.82) is 0 Å². The lowest BCUT2D eigenvalue weighted by molar-refractivity contribution is -0.130. The largest absolute Gasteiger partial charge is 0.339 e. The van der Waals surface area contributed by atoms with Crippen LogP contribution in [0.15, 0.2) is 18.5 Å². The fraction of sp³-hybridized carbons (Fsp3) is 0.417. The van der Waals surface area contributed by atoms with Crippen molar-refractivity contribution >= 4 is 11.8 Å². The zero-order chi connectivity index (χ0) is 13.1. The summed E-state index contributed by atoms with van der Waals surface area (Å²) in [6, 6.07) is 1.37. The van der Waals surface area contributed by atoms with Gasteiger partial charge in [0.05, 0.1) is 11.8 Å². The lowest BCUT2D eigenvalue weighted by atomic mass is 10.2. The molecule has 0 unspecified atom stereocenters. The monoisotopic (exact) mass is 251 g/mol. The van der Waals surface area contributed by atoms with Crippen LogP contribution in [-0.4, -0.2) is 52.8 Å². The number of carbonyl (C=O) groups excluding carboxylic acids is 2. The van der Waals surface area contributed by atoms with Gasteiger partial charge in [-0.3, -0.25) is 14.6 Å². The van der Waals surface area contributed by atoms with Crippen molar-refractivity contribution in [3.05, 3.63) is 29.8 Å². The van der Waals surface area contributed by atoms with E-state index in [1.165, 1.54) is 19.2 Å². The van der Waals surface area contributed by atoms with Crippen molar-refractivity contribution < 1.29 is 14.0 Å². The summed E-state index contributed by atoms with van der Waals surface area (Å²) in [6.45, 7) is 3.35. The molecule has 0 atom stereocenters. The highest BCUT2D eigenvalue weighted by Gasteiger charge is 2.24. The van der Waals surface area contributed by atoms with E-state index in [1.807, 2.05) is 0 Å². The number of aromatic nitrogens is 1. The normalized spacial score (nSPS) is 15.7. The molecule has 0 saturated carbocycles. The minimum atomic E-state index is -0.614. The van der Waals surface area contributed by atoms with Crippen LogP contribution in [0.2, 0.25) is 0 Å². The molecular formula is C12H14FN3O2. The average molecular weight is 251 g/mol. The van der Waals surface area contributed by atoms with Crippen molar-refractivity contribution in [1.82, 2.24) is 14.8 Å². The third-order valence-electron chi connectivity index (χ3n) is 3.02. The number of amides is 2. The van der Waals surface area contributed by atoms with Crippen LogP contribution in [0.25, 0.3) is 0 Å². The molecule has 6 heteroatoms. The van der Waals surface area contributed by atoms with Gasteiger partial charge in [-0.2, -0.15) is 0 Å². The maximum atomic E-state index is 13.4. The van der Waals surface area contributed by atoms with Gasteiger partial charge in [0.1, 0.15) is 0 Å². The smallest absolute Gasteiger partial charge is 0.257 e. The van der Waals surface area contributed by atoms with Gasteiger partial charge >= 0.3 is 0 Å². The molecule has 0 spiro atoms. The Hall–Kier alpha value is -1.98. The Morgan fingerprint density at radius 3 is 2.39 bits per heavy atom. The molecule has 0 radical (unpaired) electrons. The highest BCUT2D eigenvalue weighted by atomic mass is 19.1. The second kappa shape index (κ2) is 5.12. The topological polar surface area (TPSA) is 53.5 Å². The SMILES string of the molecule is CC(=O)N1CCN(C(=O)c2ccncc2F)CC1. The van der Waals surface area contributed by atoms with Crippen LogP contribution < -0.4 is 0 Å². The Kier molecular flexibility index (Phi) is 3.55. The molecule has 1 fully saturated rings. The molecule has 2 amide bonds. The number of hydrogen-bond acceptors (Lipinski definition) is 3. The fourth-order valence-corrected chi connectivity index (χ4v) is 1.94. The average Bonchev–Trinajstić information content (AvgIpc) is 2.38. The number of carbonyl (C=O) groups is 2. The summed E-state index contributed by atoms with van der Waals surface area (Å²) in [5, 5.41) is 0. The van der Waals surface area contributed by atoms with E-state index in [0.29, 0.717) is 26.2 Å². The van der Waals surface area contributed by atoms with Crippen LogP contribution in [0.3, 0.4) is 0 Å². The predicted octanol–water partition coefficient (Wildman–Crippen LogP) is 0.525. The second-order valence-corrected chi connectivity index (χ2v) is 4.15. The molecule has 18 heavy (non-hydrogen) atoms. The third-order valence-corrected chi connectivity index (χ3v) is 3.02. The van der Waals surface area contributed by atoms with E-state index in [9.17, 15) is 14.0 Å². The van der Waals surface area contributed by atoms with Crippen LogP contribution in [0.1, 0.15) is 17.3 Å². The Morgan fingerprint density at radius 1 is 1.22 bits per heavy atom. The summed E-state index contributed by atoms with van der Waals surface area (Å²) in [4.78, 5) is 30.0. The van der Waals surface area contributed by atoms with Crippen LogP contribution in [0, 0.1) is 5.82 Å². The first-order valence-corrected chi connectivity index (χ1v) is 5.74. The van der Waals surface area contributed by atoms with Gasteiger partial charge in [0.2, 0.25) is 5.91 Å². The summed E-state index contributed by atoms with van der Waals surface area (Å²) < 4.78 is 13.4. The number of hydrogen-bond donors (Lipinski definition) is 0. The molecule has 0 aliphatic carbocycles. The third kappa shape index (κ3) is 2.47. The van der Waals surface area contributed by atoms with Crippen LogP contribution in [0.5, 0.6) is 0 Å². The van der Waals surface area contributed by atoms with Crippen LogP contribution in [-0.2, 0) is 4.79 Å². The van der Waals surface area contributed by atoms with Gasteiger partial charge < -0.3 is 9.80 Å². The van der Waals surface area contributed by atoms with Crippen molar-refractivity contribution in [3.63, 3.8) is 0 Å². The highest BCUT2D eigenvalue weighted by Crippen LogP contribution is 2.11. The number of nitrogens with zero attached hydrogens (tertiary/aromatic N) is 3. The van der Waals surface area contributed by atoms with Gasteiger partial charge in [-0.1, -0.05) is 0 Å². The number of piperazine rings is 1. The molecule has 1 saturated heterocycles. The molecule has 0 N–H and O–H groups in total. The van der Waals surface area contributed by atoms with Crippen LogP contribution >= 0.6 is 0 Å².